The Bertz CT molecular complexity index is 2880. The predicted octanol–water partition coefficient (Wildman–Crippen LogP) is 13.9. The molecule has 0 aliphatic heterocycles. The molecule has 0 aliphatic rings. The van der Waals surface area contributed by atoms with Crippen LogP contribution in [-0.2, 0) is 0 Å². The van der Waals surface area contributed by atoms with Crippen LogP contribution in [0.15, 0.2) is 206 Å². The second kappa shape index (κ2) is 13.4. The lowest BCUT2D eigenvalue weighted by molar-refractivity contribution is 1.18. The Hall–Kier alpha value is -7.16. The largest absolute Gasteiger partial charge is 0.228 e. The minimum absolute atomic E-state index is 0.698. The average molecular weight is 687 g/mol. The third kappa shape index (κ3) is 5.90. The van der Waals surface area contributed by atoms with Gasteiger partial charge in [-0.25, -0.2) is 9.97 Å². The summed E-state index contributed by atoms with van der Waals surface area (Å²) in [6, 6.07) is 73.5. The smallest absolute Gasteiger partial charge is 0.160 e. The molecule has 54 heavy (non-hydrogen) atoms. The van der Waals surface area contributed by atoms with Gasteiger partial charge < -0.3 is 0 Å². The van der Waals surface area contributed by atoms with Crippen molar-refractivity contribution in [2.75, 3.05) is 0 Å². The molecule has 0 spiro atoms. The zero-order valence-corrected chi connectivity index (χ0v) is 29.5. The molecule has 0 atom stereocenters. The standard InChI is InChI=1S/C52H34N2/c1-3-13-35(14-4-1)37-18-11-20-43(30-37)50-34-51(54-52(53-50)45-21-12-19-38(32-45)36-15-5-2-6-16-36)44-28-26-39-29-42(27-25-40(39)31-44)49-33-41-17-7-8-22-46(41)47-23-9-10-24-48(47)49/h1-34H. The molecule has 0 N–H and O–H groups in total. The maximum absolute atomic E-state index is 5.24. The van der Waals surface area contributed by atoms with E-state index in [0.29, 0.717) is 5.82 Å². The SMILES string of the molecule is c1ccc(-c2cccc(-c3cc(-c4ccc5cc(-c6cc7ccccc7c7ccccc67)ccc5c4)nc(-c4cccc(-c5ccccc5)c4)n3)c2)cc1. The lowest BCUT2D eigenvalue weighted by atomic mass is 9.92. The van der Waals surface area contributed by atoms with Crippen LogP contribution in [0.3, 0.4) is 0 Å². The molecule has 10 rings (SSSR count). The average Bonchev–Trinajstić information content (AvgIpc) is 3.26. The van der Waals surface area contributed by atoms with E-state index >= 15 is 0 Å². The summed E-state index contributed by atoms with van der Waals surface area (Å²) in [5.41, 5.74) is 11.9. The number of rotatable bonds is 6. The Balaban J connectivity index is 1.09. The van der Waals surface area contributed by atoms with E-state index in [1.54, 1.807) is 0 Å². The van der Waals surface area contributed by atoms with Crippen molar-refractivity contribution in [2.24, 2.45) is 0 Å². The molecule has 9 aromatic carbocycles. The zero-order chi connectivity index (χ0) is 35.8. The van der Waals surface area contributed by atoms with Crippen molar-refractivity contribution in [1.29, 1.82) is 0 Å². The molecule has 1 aromatic heterocycles. The highest BCUT2D eigenvalue weighted by Gasteiger charge is 2.14. The summed E-state index contributed by atoms with van der Waals surface area (Å²) >= 11 is 0. The quantitative estimate of drug-likeness (QED) is 0.163. The van der Waals surface area contributed by atoms with Gasteiger partial charge in [-0.05, 0) is 102 Å². The van der Waals surface area contributed by atoms with Gasteiger partial charge in [-0.15, -0.1) is 0 Å². The highest BCUT2D eigenvalue weighted by molar-refractivity contribution is 6.14. The van der Waals surface area contributed by atoms with Crippen LogP contribution in [0.25, 0.3) is 99.6 Å². The third-order valence-corrected chi connectivity index (χ3v) is 10.4. The summed E-state index contributed by atoms with van der Waals surface area (Å²) in [6.07, 6.45) is 0. The third-order valence-electron chi connectivity index (χ3n) is 10.4. The summed E-state index contributed by atoms with van der Waals surface area (Å²) in [5, 5.41) is 7.43. The van der Waals surface area contributed by atoms with Gasteiger partial charge in [0, 0.05) is 16.7 Å². The molecular weight excluding hydrogens is 653 g/mol. The summed E-state index contributed by atoms with van der Waals surface area (Å²) in [6.45, 7) is 0. The van der Waals surface area contributed by atoms with E-state index in [9.17, 15) is 0 Å². The van der Waals surface area contributed by atoms with E-state index < -0.39 is 0 Å². The molecule has 0 saturated carbocycles. The first-order chi connectivity index (χ1) is 26.7. The summed E-state index contributed by atoms with van der Waals surface area (Å²) in [7, 11) is 0. The molecule has 2 nitrogen and oxygen atoms in total. The Morgan fingerprint density at radius 1 is 0.241 bits per heavy atom. The molecule has 1 heterocycles. The fourth-order valence-corrected chi connectivity index (χ4v) is 7.69. The van der Waals surface area contributed by atoms with Crippen molar-refractivity contribution in [2.45, 2.75) is 0 Å². The Morgan fingerprint density at radius 3 is 1.41 bits per heavy atom. The Labute approximate surface area is 314 Å². The van der Waals surface area contributed by atoms with E-state index in [0.717, 1.165) is 44.8 Å². The summed E-state index contributed by atoms with van der Waals surface area (Å²) in [5.74, 6) is 0.698. The van der Waals surface area contributed by atoms with Crippen molar-refractivity contribution >= 4 is 32.3 Å². The molecule has 0 aliphatic carbocycles. The molecular formula is C52H34N2. The van der Waals surface area contributed by atoms with E-state index in [1.807, 2.05) is 6.07 Å². The topological polar surface area (TPSA) is 25.8 Å². The van der Waals surface area contributed by atoms with Gasteiger partial charge in [0.2, 0.25) is 0 Å². The van der Waals surface area contributed by atoms with Gasteiger partial charge in [-0.1, -0.05) is 170 Å². The molecule has 0 radical (unpaired) electrons. The second-order valence-electron chi connectivity index (χ2n) is 13.8. The number of benzene rings is 9. The molecule has 0 saturated heterocycles. The molecule has 10 aromatic rings. The zero-order valence-electron chi connectivity index (χ0n) is 29.5. The lowest BCUT2D eigenvalue weighted by Crippen LogP contribution is -1.96. The first kappa shape index (κ1) is 31.6. The molecule has 252 valence electrons. The molecule has 2 heteroatoms. The number of aromatic nitrogens is 2. The van der Waals surface area contributed by atoms with E-state index in [1.165, 1.54) is 49.0 Å². The molecule has 0 bridgehead atoms. The number of hydrogen-bond donors (Lipinski definition) is 0. The van der Waals surface area contributed by atoms with Crippen LogP contribution in [0.1, 0.15) is 0 Å². The lowest BCUT2D eigenvalue weighted by Gasteiger charge is -2.13. The Kier molecular flexibility index (Phi) is 7.85. The van der Waals surface area contributed by atoms with Crippen LogP contribution >= 0.6 is 0 Å². The van der Waals surface area contributed by atoms with Crippen molar-refractivity contribution < 1.29 is 0 Å². The number of hydrogen-bond acceptors (Lipinski definition) is 2. The van der Waals surface area contributed by atoms with Gasteiger partial charge in [0.25, 0.3) is 0 Å². The van der Waals surface area contributed by atoms with E-state index in [-0.39, 0.29) is 0 Å². The van der Waals surface area contributed by atoms with E-state index in [2.05, 4.69) is 200 Å². The van der Waals surface area contributed by atoms with Crippen LogP contribution in [0.5, 0.6) is 0 Å². The first-order valence-corrected chi connectivity index (χ1v) is 18.4. The normalized spacial score (nSPS) is 11.3. The molecule has 0 amide bonds. The van der Waals surface area contributed by atoms with Crippen LogP contribution in [0.4, 0.5) is 0 Å². The second-order valence-corrected chi connectivity index (χ2v) is 13.8. The van der Waals surface area contributed by atoms with Gasteiger partial charge in [0.1, 0.15) is 0 Å². The minimum Gasteiger partial charge on any atom is -0.228 e. The van der Waals surface area contributed by atoms with Gasteiger partial charge in [-0.2, -0.15) is 0 Å². The highest BCUT2D eigenvalue weighted by atomic mass is 14.9. The van der Waals surface area contributed by atoms with Crippen molar-refractivity contribution in [3.63, 3.8) is 0 Å². The molecule has 0 fully saturated rings. The summed E-state index contributed by atoms with van der Waals surface area (Å²) < 4.78 is 0. The van der Waals surface area contributed by atoms with Crippen LogP contribution in [-0.4, -0.2) is 9.97 Å². The van der Waals surface area contributed by atoms with Gasteiger partial charge >= 0.3 is 0 Å². The highest BCUT2D eigenvalue weighted by Crippen LogP contribution is 2.37. The van der Waals surface area contributed by atoms with Crippen molar-refractivity contribution in [1.82, 2.24) is 9.97 Å². The maximum Gasteiger partial charge on any atom is 0.160 e. The monoisotopic (exact) mass is 686 g/mol. The number of nitrogens with zero attached hydrogens (tertiary/aromatic N) is 2. The van der Waals surface area contributed by atoms with E-state index in [4.69, 9.17) is 9.97 Å². The fourth-order valence-electron chi connectivity index (χ4n) is 7.69. The minimum atomic E-state index is 0.698. The maximum atomic E-state index is 5.24. The fraction of sp³-hybridized carbons (Fsp3) is 0. The van der Waals surface area contributed by atoms with Gasteiger partial charge in [-0.3, -0.25) is 0 Å². The summed E-state index contributed by atoms with van der Waals surface area (Å²) in [4.78, 5) is 10.5. The van der Waals surface area contributed by atoms with Crippen LogP contribution in [0, 0.1) is 0 Å². The van der Waals surface area contributed by atoms with Gasteiger partial charge in [0.05, 0.1) is 11.4 Å². The van der Waals surface area contributed by atoms with Crippen LogP contribution < -0.4 is 0 Å². The van der Waals surface area contributed by atoms with Crippen molar-refractivity contribution in [3.8, 4) is 67.3 Å². The molecule has 0 unspecified atom stereocenters. The Morgan fingerprint density at radius 2 is 0.722 bits per heavy atom. The van der Waals surface area contributed by atoms with Crippen molar-refractivity contribution in [3.05, 3.63) is 206 Å². The number of fused-ring (bicyclic) bond motifs is 4. The predicted molar refractivity (Wildman–Crippen MR) is 227 cm³/mol. The van der Waals surface area contributed by atoms with Gasteiger partial charge in [0.15, 0.2) is 5.82 Å². The first-order valence-electron chi connectivity index (χ1n) is 18.4. The van der Waals surface area contributed by atoms with Crippen LogP contribution in [0.2, 0.25) is 0 Å².